The molecule has 0 radical (unpaired) electrons. The van der Waals surface area contributed by atoms with Gasteiger partial charge >= 0.3 is 5.97 Å². The van der Waals surface area contributed by atoms with Gasteiger partial charge in [0.1, 0.15) is 5.75 Å². The Kier molecular flexibility index (Phi) is 4.68. The third-order valence-corrected chi connectivity index (χ3v) is 3.32. The summed E-state index contributed by atoms with van der Waals surface area (Å²) in [5, 5.41) is 15.7. The molecule has 0 saturated heterocycles. The van der Waals surface area contributed by atoms with E-state index in [0.717, 1.165) is 5.56 Å². The zero-order valence-corrected chi connectivity index (χ0v) is 13.2. The van der Waals surface area contributed by atoms with Crippen molar-refractivity contribution in [2.24, 2.45) is 0 Å². The third-order valence-electron chi connectivity index (χ3n) is 3.32. The molecule has 122 valence electrons. The molecule has 23 heavy (non-hydrogen) atoms. The average molecular weight is 317 g/mol. The first-order valence-electron chi connectivity index (χ1n) is 7.07. The van der Waals surface area contributed by atoms with Crippen molar-refractivity contribution in [2.75, 3.05) is 11.9 Å². The van der Waals surface area contributed by atoms with Crippen LogP contribution in [-0.2, 0) is 15.1 Å². The number of carboxylic acid groups (broad SMARTS) is 1. The fourth-order valence-corrected chi connectivity index (χ4v) is 1.84. The molecule has 7 heteroatoms. The van der Waals surface area contributed by atoms with Gasteiger partial charge in [-0.2, -0.15) is 5.10 Å². The zero-order chi connectivity index (χ0) is 17.0. The molecule has 0 saturated carbocycles. The lowest BCUT2D eigenvalue weighted by Gasteiger charge is -2.19. The number of carboxylic acids is 1. The Morgan fingerprint density at radius 3 is 2.78 bits per heavy atom. The maximum absolute atomic E-state index is 11.9. The summed E-state index contributed by atoms with van der Waals surface area (Å²) in [6.07, 6.45) is 2.87. The molecule has 0 bridgehead atoms. The minimum absolute atomic E-state index is 0.142. The van der Waals surface area contributed by atoms with Crippen LogP contribution >= 0.6 is 0 Å². The number of benzene rings is 1. The van der Waals surface area contributed by atoms with Gasteiger partial charge in [-0.3, -0.25) is 9.48 Å². The monoisotopic (exact) mass is 317 g/mol. The SMILES string of the molecule is Cc1cccc(OCC(=O)Nc2cnn(C(C)(C)C(=O)O)c2)c1. The number of aryl methyl sites for hydroxylation is 1. The van der Waals surface area contributed by atoms with Gasteiger partial charge in [0.25, 0.3) is 5.91 Å². The molecular weight excluding hydrogens is 298 g/mol. The van der Waals surface area contributed by atoms with Crippen molar-refractivity contribution in [3.8, 4) is 5.75 Å². The van der Waals surface area contributed by atoms with E-state index in [-0.39, 0.29) is 12.5 Å². The minimum atomic E-state index is -1.19. The minimum Gasteiger partial charge on any atom is -0.484 e. The summed E-state index contributed by atoms with van der Waals surface area (Å²) in [5.41, 5.74) is 0.262. The zero-order valence-electron chi connectivity index (χ0n) is 13.2. The van der Waals surface area contributed by atoms with E-state index in [4.69, 9.17) is 9.84 Å². The number of nitrogens with one attached hydrogen (secondary N) is 1. The molecule has 7 nitrogen and oxygen atoms in total. The smallest absolute Gasteiger partial charge is 0.331 e. The van der Waals surface area contributed by atoms with Crippen LogP contribution in [0.1, 0.15) is 19.4 Å². The van der Waals surface area contributed by atoms with Crippen molar-refractivity contribution < 1.29 is 19.4 Å². The van der Waals surface area contributed by atoms with Crippen molar-refractivity contribution in [1.82, 2.24) is 9.78 Å². The highest BCUT2D eigenvalue weighted by Gasteiger charge is 2.30. The highest BCUT2D eigenvalue weighted by molar-refractivity contribution is 5.91. The van der Waals surface area contributed by atoms with Crippen molar-refractivity contribution in [3.63, 3.8) is 0 Å². The maximum Gasteiger partial charge on any atom is 0.331 e. The standard InChI is InChI=1S/C16H19N3O4/c1-11-5-4-6-13(7-11)23-10-14(20)18-12-8-17-19(9-12)16(2,3)15(21)22/h4-9H,10H2,1-3H3,(H,18,20)(H,21,22). The van der Waals surface area contributed by atoms with E-state index in [1.165, 1.54) is 30.9 Å². The second-order valence-electron chi connectivity index (χ2n) is 5.69. The van der Waals surface area contributed by atoms with E-state index >= 15 is 0 Å². The van der Waals surface area contributed by atoms with E-state index in [1.807, 2.05) is 25.1 Å². The van der Waals surface area contributed by atoms with Crippen LogP contribution in [0, 0.1) is 6.92 Å². The van der Waals surface area contributed by atoms with E-state index in [2.05, 4.69) is 10.4 Å². The summed E-state index contributed by atoms with van der Waals surface area (Å²) >= 11 is 0. The highest BCUT2D eigenvalue weighted by Crippen LogP contribution is 2.17. The summed E-state index contributed by atoms with van der Waals surface area (Å²) in [6.45, 7) is 4.84. The maximum atomic E-state index is 11.9. The molecule has 1 amide bonds. The van der Waals surface area contributed by atoms with Gasteiger partial charge in [-0.25, -0.2) is 4.79 Å². The molecule has 1 aromatic heterocycles. The van der Waals surface area contributed by atoms with E-state index in [9.17, 15) is 9.59 Å². The third kappa shape index (κ3) is 4.09. The van der Waals surface area contributed by atoms with Crippen LogP contribution in [-0.4, -0.2) is 33.4 Å². The van der Waals surface area contributed by atoms with Gasteiger partial charge in [-0.15, -0.1) is 0 Å². The van der Waals surface area contributed by atoms with Gasteiger partial charge in [0, 0.05) is 6.20 Å². The Hall–Kier alpha value is -2.83. The summed E-state index contributed by atoms with van der Waals surface area (Å²) in [5.74, 6) is -0.747. The van der Waals surface area contributed by atoms with Gasteiger partial charge in [0.05, 0.1) is 11.9 Å². The lowest BCUT2D eigenvalue weighted by atomic mass is 10.1. The number of ether oxygens (including phenoxy) is 1. The molecule has 0 aliphatic rings. The molecular formula is C16H19N3O4. The number of anilines is 1. The Balaban J connectivity index is 1.93. The number of hydrogen-bond acceptors (Lipinski definition) is 4. The van der Waals surface area contributed by atoms with E-state index < -0.39 is 11.5 Å². The molecule has 1 heterocycles. The largest absolute Gasteiger partial charge is 0.484 e. The predicted octanol–water partition coefficient (Wildman–Crippen LogP) is 2.03. The molecule has 0 spiro atoms. The fourth-order valence-electron chi connectivity index (χ4n) is 1.84. The number of carbonyl (C=O) groups excluding carboxylic acids is 1. The molecule has 0 unspecified atom stereocenters. The van der Waals surface area contributed by atoms with Gasteiger partial charge in [0.15, 0.2) is 12.1 Å². The van der Waals surface area contributed by atoms with Gasteiger partial charge in [-0.05, 0) is 38.5 Å². The first-order valence-corrected chi connectivity index (χ1v) is 7.07. The number of nitrogens with zero attached hydrogens (tertiary/aromatic N) is 2. The highest BCUT2D eigenvalue weighted by atomic mass is 16.5. The van der Waals surface area contributed by atoms with Crippen molar-refractivity contribution in [1.29, 1.82) is 0 Å². The topological polar surface area (TPSA) is 93.5 Å². The summed E-state index contributed by atoms with van der Waals surface area (Å²) < 4.78 is 6.68. The summed E-state index contributed by atoms with van der Waals surface area (Å²) in [6, 6.07) is 7.39. The molecule has 2 rings (SSSR count). The van der Waals surface area contributed by atoms with Crippen molar-refractivity contribution in [3.05, 3.63) is 42.2 Å². The summed E-state index contributed by atoms with van der Waals surface area (Å²) in [7, 11) is 0. The molecule has 1 aromatic carbocycles. The fraction of sp³-hybridized carbons (Fsp3) is 0.312. The van der Waals surface area contributed by atoms with Crippen LogP contribution in [0.15, 0.2) is 36.7 Å². The van der Waals surface area contributed by atoms with Gasteiger partial charge < -0.3 is 15.2 Å². The second kappa shape index (κ2) is 6.51. The molecule has 0 aliphatic heterocycles. The van der Waals surface area contributed by atoms with Crippen LogP contribution in [0.2, 0.25) is 0 Å². The quantitative estimate of drug-likeness (QED) is 0.850. The second-order valence-corrected chi connectivity index (χ2v) is 5.69. The lowest BCUT2D eigenvalue weighted by Crippen LogP contribution is -2.35. The Bertz CT molecular complexity index is 722. The van der Waals surface area contributed by atoms with Crippen LogP contribution in [0.3, 0.4) is 0 Å². The van der Waals surface area contributed by atoms with Crippen LogP contribution < -0.4 is 10.1 Å². The van der Waals surface area contributed by atoms with Crippen LogP contribution in [0.4, 0.5) is 5.69 Å². The normalized spacial score (nSPS) is 11.1. The van der Waals surface area contributed by atoms with Crippen LogP contribution in [0.25, 0.3) is 0 Å². The van der Waals surface area contributed by atoms with Crippen LogP contribution in [0.5, 0.6) is 5.75 Å². The average Bonchev–Trinajstić information content (AvgIpc) is 2.94. The van der Waals surface area contributed by atoms with Gasteiger partial charge in [-0.1, -0.05) is 12.1 Å². The molecule has 0 atom stereocenters. The lowest BCUT2D eigenvalue weighted by molar-refractivity contribution is -0.146. The number of rotatable bonds is 6. The Morgan fingerprint density at radius 2 is 2.13 bits per heavy atom. The number of amides is 1. The molecule has 2 N–H and O–H groups in total. The number of aliphatic carboxylic acids is 1. The molecule has 2 aromatic rings. The van der Waals surface area contributed by atoms with E-state index in [1.54, 1.807) is 6.07 Å². The number of carbonyl (C=O) groups is 2. The van der Waals surface area contributed by atoms with Gasteiger partial charge in [0.2, 0.25) is 0 Å². The van der Waals surface area contributed by atoms with Crippen molar-refractivity contribution >= 4 is 17.6 Å². The van der Waals surface area contributed by atoms with E-state index in [0.29, 0.717) is 11.4 Å². The Labute approximate surface area is 133 Å². The van der Waals surface area contributed by atoms with Crippen molar-refractivity contribution in [2.45, 2.75) is 26.3 Å². The predicted molar refractivity (Wildman–Crippen MR) is 84.5 cm³/mol. The first kappa shape index (κ1) is 16.5. The summed E-state index contributed by atoms with van der Waals surface area (Å²) in [4.78, 5) is 23.0. The molecule has 0 fully saturated rings. The number of hydrogen-bond donors (Lipinski definition) is 2. The Morgan fingerprint density at radius 1 is 1.39 bits per heavy atom. The molecule has 0 aliphatic carbocycles. The first-order chi connectivity index (χ1) is 10.8. The number of aromatic nitrogens is 2.